The average molecular weight is 293 g/mol. The zero-order chi connectivity index (χ0) is 15.6. The molecule has 0 aromatic carbocycles. The van der Waals surface area contributed by atoms with E-state index in [1.165, 1.54) is 19.3 Å². The molecular weight excluding hydrogens is 262 g/mol. The van der Waals surface area contributed by atoms with Crippen LogP contribution in [0.1, 0.15) is 52.9 Å². The van der Waals surface area contributed by atoms with Gasteiger partial charge in [-0.15, -0.1) is 0 Å². The van der Waals surface area contributed by atoms with Crippen molar-refractivity contribution in [1.29, 1.82) is 0 Å². The van der Waals surface area contributed by atoms with Gasteiger partial charge in [-0.1, -0.05) is 25.0 Å². The van der Waals surface area contributed by atoms with E-state index in [0.717, 1.165) is 25.9 Å². The normalized spacial score (nSPS) is 29.8. The molecule has 0 bridgehead atoms. The Kier molecular flexibility index (Phi) is 5.10. The molecule has 4 nitrogen and oxygen atoms in total. The minimum Gasteiger partial charge on any atom is -0.358 e. The molecule has 1 saturated heterocycles. The molecule has 21 heavy (non-hydrogen) atoms. The highest BCUT2D eigenvalue weighted by atomic mass is 16.2. The van der Waals surface area contributed by atoms with Crippen molar-refractivity contribution in [2.24, 2.45) is 11.1 Å². The summed E-state index contributed by atoms with van der Waals surface area (Å²) in [4.78, 5) is 14.3. The zero-order valence-electron chi connectivity index (χ0n) is 14.0. The van der Waals surface area contributed by atoms with Gasteiger partial charge in [-0.3, -0.25) is 9.69 Å². The van der Waals surface area contributed by atoms with Crippen LogP contribution in [0.3, 0.4) is 0 Å². The van der Waals surface area contributed by atoms with Gasteiger partial charge < -0.3 is 11.1 Å². The maximum Gasteiger partial charge on any atom is 0.237 e. The van der Waals surface area contributed by atoms with Crippen LogP contribution < -0.4 is 11.1 Å². The summed E-state index contributed by atoms with van der Waals surface area (Å²) in [6, 6.07) is 0.0827. The maximum absolute atomic E-state index is 12.0. The first kappa shape index (κ1) is 16.5. The molecule has 2 aliphatic rings. The van der Waals surface area contributed by atoms with Gasteiger partial charge in [0.1, 0.15) is 0 Å². The number of rotatable bonds is 4. The molecule has 0 aromatic rings. The second-order valence-electron chi connectivity index (χ2n) is 7.37. The van der Waals surface area contributed by atoms with E-state index in [1.807, 2.05) is 0 Å². The molecule has 2 rings (SSSR count). The lowest BCUT2D eigenvalue weighted by Crippen LogP contribution is -2.42. The predicted molar refractivity (Wildman–Crippen MR) is 87.0 cm³/mol. The number of likely N-dealkylation sites (N-methyl/N-ethyl adjacent to an activating group) is 1. The number of hydrogen-bond acceptors (Lipinski definition) is 3. The Hall–Kier alpha value is -0.870. The lowest BCUT2D eigenvalue weighted by atomic mass is 9.71. The van der Waals surface area contributed by atoms with Gasteiger partial charge in [-0.2, -0.15) is 0 Å². The summed E-state index contributed by atoms with van der Waals surface area (Å²) in [6.45, 7) is 8.78. The van der Waals surface area contributed by atoms with Gasteiger partial charge in [-0.05, 0) is 44.4 Å². The number of carbonyl (C=O) groups is 1. The zero-order valence-corrected chi connectivity index (χ0v) is 14.0. The fourth-order valence-corrected chi connectivity index (χ4v) is 4.11. The summed E-state index contributed by atoms with van der Waals surface area (Å²) in [5.41, 5.74) is 9.54. The molecule has 1 fully saturated rings. The Morgan fingerprint density at radius 2 is 2.19 bits per heavy atom. The van der Waals surface area contributed by atoms with Crippen molar-refractivity contribution in [1.82, 2.24) is 10.2 Å². The number of amides is 1. The fraction of sp³-hybridized carbons (Fsp3) is 0.824. The number of likely N-dealkylation sites (tertiary alicyclic amines) is 1. The molecule has 0 unspecified atom stereocenters. The van der Waals surface area contributed by atoms with Gasteiger partial charge in [0.05, 0.1) is 6.04 Å². The summed E-state index contributed by atoms with van der Waals surface area (Å²) in [6.07, 6.45) is 5.66. The predicted octanol–water partition coefficient (Wildman–Crippen LogP) is 2.05. The summed E-state index contributed by atoms with van der Waals surface area (Å²) in [5.74, 6) is 0.108. The van der Waals surface area contributed by atoms with Crippen LogP contribution in [0.15, 0.2) is 11.1 Å². The molecule has 1 heterocycles. The van der Waals surface area contributed by atoms with Crippen LogP contribution in [0, 0.1) is 5.41 Å². The molecule has 1 amide bonds. The summed E-state index contributed by atoms with van der Waals surface area (Å²) in [5, 5.41) is 2.77. The number of carbonyl (C=O) groups excluding carboxylic acids is 1. The van der Waals surface area contributed by atoms with Crippen molar-refractivity contribution < 1.29 is 4.79 Å². The molecule has 1 aliphatic heterocycles. The Morgan fingerprint density at radius 3 is 2.81 bits per heavy atom. The molecule has 0 spiro atoms. The Labute approximate surface area is 129 Å². The quantitative estimate of drug-likeness (QED) is 0.780. The van der Waals surface area contributed by atoms with Gasteiger partial charge in [0.15, 0.2) is 0 Å². The number of nitrogens with zero attached hydrogens (tertiary/aromatic N) is 1. The van der Waals surface area contributed by atoms with Crippen molar-refractivity contribution in [3.63, 3.8) is 0 Å². The summed E-state index contributed by atoms with van der Waals surface area (Å²) < 4.78 is 0. The van der Waals surface area contributed by atoms with E-state index >= 15 is 0 Å². The second-order valence-corrected chi connectivity index (χ2v) is 7.37. The fourth-order valence-electron chi connectivity index (χ4n) is 4.11. The standard InChI is InChI=1S/C17H31N3O/c1-12-6-5-8-17(2,3)14(12)7-9-20-11-13(18)10-15(20)16(21)19-4/h13,15H,5-11,18H2,1-4H3,(H,19,21)/t13-,15-/m0/s1. The lowest BCUT2D eigenvalue weighted by molar-refractivity contribution is -0.124. The van der Waals surface area contributed by atoms with Crippen LogP contribution in [0.4, 0.5) is 0 Å². The molecule has 0 aromatic heterocycles. The third-order valence-electron chi connectivity index (χ3n) is 5.32. The third-order valence-corrected chi connectivity index (χ3v) is 5.32. The van der Waals surface area contributed by atoms with E-state index in [0.29, 0.717) is 5.41 Å². The van der Waals surface area contributed by atoms with Crippen molar-refractivity contribution >= 4 is 5.91 Å². The molecular formula is C17H31N3O. The monoisotopic (exact) mass is 293 g/mol. The smallest absolute Gasteiger partial charge is 0.237 e. The Bertz CT molecular complexity index is 428. The molecule has 3 N–H and O–H groups in total. The van der Waals surface area contributed by atoms with Crippen LogP contribution in [0.2, 0.25) is 0 Å². The van der Waals surface area contributed by atoms with Gasteiger partial charge in [0.25, 0.3) is 0 Å². The molecule has 1 aliphatic carbocycles. The van der Waals surface area contributed by atoms with E-state index < -0.39 is 0 Å². The van der Waals surface area contributed by atoms with Crippen molar-refractivity contribution in [3.8, 4) is 0 Å². The maximum atomic E-state index is 12.0. The SMILES string of the molecule is CNC(=O)[C@@H]1C[C@H](N)CN1CCC1=C(C)CCCC1(C)C. The Balaban J connectivity index is 2.03. The molecule has 4 heteroatoms. The first-order valence-corrected chi connectivity index (χ1v) is 8.25. The van der Waals surface area contributed by atoms with Gasteiger partial charge in [0.2, 0.25) is 5.91 Å². The molecule has 0 saturated carbocycles. The highest BCUT2D eigenvalue weighted by Crippen LogP contribution is 2.41. The Morgan fingerprint density at radius 1 is 1.48 bits per heavy atom. The van der Waals surface area contributed by atoms with Crippen LogP contribution in [-0.4, -0.2) is 43.0 Å². The van der Waals surface area contributed by atoms with Crippen LogP contribution in [0.5, 0.6) is 0 Å². The number of hydrogen-bond donors (Lipinski definition) is 2. The van der Waals surface area contributed by atoms with Crippen LogP contribution in [-0.2, 0) is 4.79 Å². The van der Waals surface area contributed by atoms with Gasteiger partial charge >= 0.3 is 0 Å². The molecule has 120 valence electrons. The van der Waals surface area contributed by atoms with Gasteiger partial charge in [0, 0.05) is 26.2 Å². The van der Waals surface area contributed by atoms with Crippen molar-refractivity contribution in [3.05, 3.63) is 11.1 Å². The average Bonchev–Trinajstić information content (AvgIpc) is 2.77. The van der Waals surface area contributed by atoms with Crippen LogP contribution in [0.25, 0.3) is 0 Å². The number of allylic oxidation sites excluding steroid dienone is 1. The van der Waals surface area contributed by atoms with E-state index in [2.05, 4.69) is 31.0 Å². The largest absolute Gasteiger partial charge is 0.358 e. The summed E-state index contributed by atoms with van der Waals surface area (Å²) >= 11 is 0. The third kappa shape index (κ3) is 3.67. The highest BCUT2D eigenvalue weighted by molar-refractivity contribution is 5.81. The van der Waals surface area contributed by atoms with E-state index in [9.17, 15) is 4.79 Å². The topological polar surface area (TPSA) is 58.4 Å². The summed E-state index contributed by atoms with van der Waals surface area (Å²) in [7, 11) is 1.71. The van der Waals surface area contributed by atoms with E-state index in [4.69, 9.17) is 5.73 Å². The minimum atomic E-state index is -0.0439. The second kappa shape index (κ2) is 6.49. The van der Waals surface area contributed by atoms with E-state index in [1.54, 1.807) is 18.2 Å². The van der Waals surface area contributed by atoms with Crippen LogP contribution >= 0.6 is 0 Å². The number of nitrogens with two attached hydrogens (primary N) is 1. The first-order chi connectivity index (χ1) is 9.85. The molecule has 0 radical (unpaired) electrons. The lowest BCUT2D eigenvalue weighted by Gasteiger charge is -2.36. The van der Waals surface area contributed by atoms with Crippen molar-refractivity contribution in [2.75, 3.05) is 20.1 Å². The van der Waals surface area contributed by atoms with Gasteiger partial charge in [-0.25, -0.2) is 0 Å². The van der Waals surface area contributed by atoms with E-state index in [-0.39, 0.29) is 18.0 Å². The van der Waals surface area contributed by atoms with Crippen molar-refractivity contribution in [2.45, 2.75) is 65.0 Å². The molecule has 2 atom stereocenters. The number of nitrogens with one attached hydrogen (secondary N) is 1. The minimum absolute atomic E-state index is 0.0439. The highest BCUT2D eigenvalue weighted by Gasteiger charge is 2.35. The first-order valence-electron chi connectivity index (χ1n) is 8.25.